The highest BCUT2D eigenvalue weighted by Gasteiger charge is 2.23. The second-order valence-corrected chi connectivity index (χ2v) is 6.74. The monoisotopic (exact) mass is 407 g/mol. The highest BCUT2D eigenvalue weighted by Crippen LogP contribution is 2.38. The van der Waals surface area contributed by atoms with Crippen molar-refractivity contribution in [3.8, 4) is 11.5 Å². The van der Waals surface area contributed by atoms with E-state index in [0.717, 1.165) is 0 Å². The largest absolute Gasteiger partial charge is 0.489 e. The highest BCUT2D eigenvalue weighted by molar-refractivity contribution is 6.32. The molecule has 0 saturated carbocycles. The molecule has 148 valence electrons. The Balaban J connectivity index is 1.68. The standard InChI is InChI=1S/C20H19ClFNO5/c1-11-4-5-14(10-16(11)22)23-19(24)12(2)28-20(25)13-8-15(21)18-17(9-13)26-6-3-7-27-18/h4-5,8-10,12H,3,6-7H2,1-2H3,(H,23,24)/t12-/m1/s1. The van der Waals surface area contributed by atoms with E-state index in [2.05, 4.69) is 5.32 Å². The number of hydrogen-bond donors (Lipinski definition) is 1. The molecule has 0 bridgehead atoms. The normalized spacial score (nSPS) is 14.0. The molecular weight excluding hydrogens is 389 g/mol. The minimum atomic E-state index is -1.10. The van der Waals surface area contributed by atoms with Crippen LogP contribution >= 0.6 is 11.6 Å². The SMILES string of the molecule is Cc1ccc(NC(=O)[C@@H](C)OC(=O)c2cc(Cl)c3c(c2)OCCCO3)cc1F. The minimum Gasteiger partial charge on any atom is -0.489 e. The summed E-state index contributed by atoms with van der Waals surface area (Å²) in [5.74, 6) is -1.04. The van der Waals surface area contributed by atoms with Gasteiger partial charge in [0.1, 0.15) is 5.82 Å². The van der Waals surface area contributed by atoms with E-state index in [1.807, 2.05) is 0 Å². The number of aryl methyl sites for hydroxylation is 1. The summed E-state index contributed by atoms with van der Waals surface area (Å²) in [4.78, 5) is 24.7. The zero-order valence-electron chi connectivity index (χ0n) is 15.4. The van der Waals surface area contributed by atoms with Crippen molar-refractivity contribution in [3.05, 3.63) is 52.3 Å². The molecule has 3 rings (SSSR count). The number of amides is 1. The topological polar surface area (TPSA) is 73.9 Å². The van der Waals surface area contributed by atoms with Crippen molar-refractivity contribution in [2.24, 2.45) is 0 Å². The molecule has 1 heterocycles. The van der Waals surface area contributed by atoms with Gasteiger partial charge in [0.2, 0.25) is 0 Å². The van der Waals surface area contributed by atoms with Gasteiger partial charge in [0.15, 0.2) is 17.6 Å². The molecule has 6 nitrogen and oxygen atoms in total. The number of esters is 1. The van der Waals surface area contributed by atoms with Crippen LogP contribution in [0.3, 0.4) is 0 Å². The van der Waals surface area contributed by atoms with Crippen LogP contribution in [-0.2, 0) is 9.53 Å². The molecule has 1 aliphatic rings. The van der Waals surface area contributed by atoms with Crippen molar-refractivity contribution in [3.63, 3.8) is 0 Å². The number of nitrogens with one attached hydrogen (secondary N) is 1. The van der Waals surface area contributed by atoms with Crippen molar-refractivity contribution in [1.82, 2.24) is 0 Å². The number of benzene rings is 2. The Morgan fingerprint density at radius 1 is 1.21 bits per heavy atom. The van der Waals surface area contributed by atoms with Crippen LogP contribution in [0.4, 0.5) is 10.1 Å². The summed E-state index contributed by atoms with van der Waals surface area (Å²) in [6.07, 6.45) is -0.409. The second-order valence-electron chi connectivity index (χ2n) is 6.34. The molecule has 0 aromatic heterocycles. The molecule has 28 heavy (non-hydrogen) atoms. The lowest BCUT2D eigenvalue weighted by Gasteiger charge is -2.15. The Bertz CT molecular complexity index is 918. The van der Waals surface area contributed by atoms with Crippen LogP contribution in [-0.4, -0.2) is 31.2 Å². The van der Waals surface area contributed by atoms with Gasteiger partial charge in [-0.15, -0.1) is 0 Å². The quantitative estimate of drug-likeness (QED) is 0.771. The Morgan fingerprint density at radius 3 is 2.71 bits per heavy atom. The molecule has 0 spiro atoms. The molecule has 1 N–H and O–H groups in total. The van der Waals surface area contributed by atoms with Gasteiger partial charge >= 0.3 is 5.97 Å². The fraction of sp³-hybridized carbons (Fsp3) is 0.300. The van der Waals surface area contributed by atoms with Gasteiger partial charge in [-0.2, -0.15) is 0 Å². The molecule has 0 radical (unpaired) electrons. The lowest BCUT2D eigenvalue weighted by Crippen LogP contribution is -2.30. The van der Waals surface area contributed by atoms with Gasteiger partial charge in [-0.1, -0.05) is 17.7 Å². The summed E-state index contributed by atoms with van der Waals surface area (Å²) in [7, 11) is 0. The van der Waals surface area contributed by atoms with Gasteiger partial charge in [-0.25, -0.2) is 9.18 Å². The van der Waals surface area contributed by atoms with E-state index in [1.165, 1.54) is 25.1 Å². The first-order valence-electron chi connectivity index (χ1n) is 8.72. The summed E-state index contributed by atoms with van der Waals surface area (Å²) >= 11 is 6.17. The average Bonchev–Trinajstić information content (AvgIpc) is 2.90. The molecule has 8 heteroatoms. The van der Waals surface area contributed by atoms with Crippen LogP contribution in [0.25, 0.3) is 0 Å². The molecule has 1 atom stereocenters. The van der Waals surface area contributed by atoms with Gasteiger partial charge < -0.3 is 19.5 Å². The van der Waals surface area contributed by atoms with E-state index < -0.39 is 23.8 Å². The van der Waals surface area contributed by atoms with Gasteiger partial charge in [0.25, 0.3) is 5.91 Å². The van der Waals surface area contributed by atoms with E-state index in [0.29, 0.717) is 36.7 Å². The van der Waals surface area contributed by atoms with Gasteiger partial charge in [0.05, 0.1) is 23.8 Å². The number of carbonyl (C=O) groups excluding carboxylic acids is 2. The number of carbonyl (C=O) groups is 2. The van der Waals surface area contributed by atoms with E-state index in [-0.39, 0.29) is 16.3 Å². The first-order chi connectivity index (χ1) is 13.3. The van der Waals surface area contributed by atoms with Crippen molar-refractivity contribution in [2.75, 3.05) is 18.5 Å². The van der Waals surface area contributed by atoms with Crippen molar-refractivity contribution >= 4 is 29.2 Å². The Morgan fingerprint density at radius 2 is 1.96 bits per heavy atom. The van der Waals surface area contributed by atoms with Crippen LogP contribution in [0, 0.1) is 12.7 Å². The maximum absolute atomic E-state index is 13.6. The molecule has 1 amide bonds. The maximum atomic E-state index is 13.6. The first-order valence-corrected chi connectivity index (χ1v) is 9.10. The van der Waals surface area contributed by atoms with Crippen molar-refractivity contribution < 1.29 is 28.2 Å². The number of fused-ring (bicyclic) bond motifs is 1. The van der Waals surface area contributed by atoms with Crippen LogP contribution in [0.2, 0.25) is 5.02 Å². The number of ether oxygens (including phenoxy) is 3. The number of anilines is 1. The lowest BCUT2D eigenvalue weighted by molar-refractivity contribution is -0.123. The highest BCUT2D eigenvalue weighted by atomic mass is 35.5. The smallest absolute Gasteiger partial charge is 0.339 e. The van der Waals surface area contributed by atoms with Crippen LogP contribution in [0.5, 0.6) is 11.5 Å². The Hall–Kier alpha value is -2.80. The molecule has 2 aromatic carbocycles. The van der Waals surface area contributed by atoms with E-state index >= 15 is 0 Å². The van der Waals surface area contributed by atoms with E-state index in [4.69, 9.17) is 25.8 Å². The van der Waals surface area contributed by atoms with Crippen molar-refractivity contribution in [1.29, 1.82) is 0 Å². The first kappa shape index (κ1) is 19.9. The third kappa shape index (κ3) is 4.54. The van der Waals surface area contributed by atoms with Crippen molar-refractivity contribution in [2.45, 2.75) is 26.4 Å². The molecule has 1 aliphatic heterocycles. The average molecular weight is 408 g/mol. The van der Waals surface area contributed by atoms with Crippen LogP contribution in [0.15, 0.2) is 30.3 Å². The molecule has 0 fully saturated rings. The zero-order valence-corrected chi connectivity index (χ0v) is 16.1. The fourth-order valence-corrected chi connectivity index (χ4v) is 2.81. The number of rotatable bonds is 4. The van der Waals surface area contributed by atoms with Crippen LogP contribution in [0.1, 0.15) is 29.3 Å². The summed E-state index contributed by atoms with van der Waals surface area (Å²) in [5.41, 5.74) is 0.869. The number of halogens is 2. The Kier molecular flexibility index (Phi) is 6.04. The third-order valence-corrected chi connectivity index (χ3v) is 4.41. The fourth-order valence-electron chi connectivity index (χ4n) is 2.55. The van der Waals surface area contributed by atoms with E-state index in [9.17, 15) is 14.0 Å². The predicted molar refractivity (Wildman–Crippen MR) is 102 cm³/mol. The molecule has 0 unspecified atom stereocenters. The summed E-state index contributed by atoms with van der Waals surface area (Å²) in [6, 6.07) is 7.17. The number of hydrogen-bond acceptors (Lipinski definition) is 5. The lowest BCUT2D eigenvalue weighted by atomic mass is 10.2. The molecule has 2 aromatic rings. The molecule has 0 saturated heterocycles. The zero-order chi connectivity index (χ0) is 20.3. The Labute approximate surface area is 166 Å². The minimum absolute atomic E-state index is 0.135. The van der Waals surface area contributed by atoms with Gasteiger partial charge in [0, 0.05) is 12.1 Å². The maximum Gasteiger partial charge on any atom is 0.339 e. The van der Waals surface area contributed by atoms with Crippen LogP contribution < -0.4 is 14.8 Å². The van der Waals surface area contributed by atoms with Gasteiger partial charge in [-0.05, 0) is 43.7 Å². The summed E-state index contributed by atoms with van der Waals surface area (Å²) in [6.45, 7) is 3.94. The second kappa shape index (κ2) is 8.48. The van der Waals surface area contributed by atoms with E-state index in [1.54, 1.807) is 19.1 Å². The summed E-state index contributed by atoms with van der Waals surface area (Å²) in [5, 5.41) is 2.73. The molecule has 0 aliphatic carbocycles. The third-order valence-electron chi connectivity index (χ3n) is 4.13. The summed E-state index contributed by atoms with van der Waals surface area (Å²) < 4.78 is 29.9. The molecular formula is C20H19ClFNO5. The predicted octanol–water partition coefficient (Wildman–Crippen LogP) is 4.13. The van der Waals surface area contributed by atoms with Gasteiger partial charge in [-0.3, -0.25) is 4.79 Å².